The van der Waals surface area contributed by atoms with Crippen molar-refractivity contribution in [2.75, 3.05) is 37.1 Å². The smallest absolute Gasteiger partial charge is 0.272 e. The second-order valence-electron chi connectivity index (χ2n) is 6.86. The minimum Gasteiger partial charge on any atom is -0.497 e. The van der Waals surface area contributed by atoms with E-state index in [2.05, 4.69) is 4.98 Å². The van der Waals surface area contributed by atoms with Crippen molar-refractivity contribution < 1.29 is 14.6 Å². The van der Waals surface area contributed by atoms with Gasteiger partial charge in [0.2, 0.25) is 0 Å². The minimum absolute atomic E-state index is 0.0557. The summed E-state index contributed by atoms with van der Waals surface area (Å²) in [7, 11) is 3.57. The first kappa shape index (κ1) is 19.4. The van der Waals surface area contributed by atoms with Gasteiger partial charge in [0, 0.05) is 42.8 Å². The highest BCUT2D eigenvalue weighted by atomic mass is 32.1. The van der Waals surface area contributed by atoms with Crippen LogP contribution in [0.3, 0.4) is 0 Å². The van der Waals surface area contributed by atoms with Crippen LogP contribution in [0.25, 0.3) is 10.2 Å². The van der Waals surface area contributed by atoms with Crippen molar-refractivity contribution in [3.63, 3.8) is 0 Å². The molecule has 1 N–H and O–H groups in total. The highest BCUT2D eigenvalue weighted by Crippen LogP contribution is 2.39. The Balaban J connectivity index is 1.81. The van der Waals surface area contributed by atoms with Crippen molar-refractivity contribution in [2.24, 2.45) is 0 Å². The van der Waals surface area contributed by atoms with Gasteiger partial charge in [0.15, 0.2) is 0 Å². The monoisotopic (exact) mass is 409 g/mol. The summed E-state index contributed by atoms with van der Waals surface area (Å²) < 4.78 is 5.23. The molecule has 0 saturated carbocycles. The molecule has 1 aliphatic rings. The fourth-order valence-corrected chi connectivity index (χ4v) is 4.75. The molecule has 0 atom stereocenters. The van der Waals surface area contributed by atoms with Crippen molar-refractivity contribution in [3.05, 3.63) is 59.2 Å². The normalized spacial score (nSPS) is 15.0. The molecule has 0 aliphatic carbocycles. The zero-order valence-corrected chi connectivity index (χ0v) is 17.3. The van der Waals surface area contributed by atoms with E-state index in [9.17, 15) is 9.90 Å². The Kier molecular flexibility index (Phi) is 5.51. The molecule has 150 valence electrons. The van der Waals surface area contributed by atoms with Gasteiger partial charge in [-0.3, -0.25) is 9.69 Å². The van der Waals surface area contributed by atoms with Gasteiger partial charge >= 0.3 is 0 Å². The number of aliphatic hydroxyl groups excluding tert-OH is 1. The summed E-state index contributed by atoms with van der Waals surface area (Å²) in [6.07, 6.45) is 7.25. The summed E-state index contributed by atoms with van der Waals surface area (Å²) in [5.74, 6) is 0.695. The van der Waals surface area contributed by atoms with Crippen molar-refractivity contribution in [3.8, 4) is 5.75 Å². The van der Waals surface area contributed by atoms with E-state index >= 15 is 0 Å². The molecule has 1 aromatic carbocycles. The molecular weight excluding hydrogens is 386 g/mol. The Hall–Kier alpha value is -2.90. The molecule has 7 heteroatoms. The van der Waals surface area contributed by atoms with Gasteiger partial charge in [-0.15, -0.1) is 11.3 Å². The van der Waals surface area contributed by atoms with E-state index in [4.69, 9.17) is 4.74 Å². The highest BCUT2D eigenvalue weighted by Gasteiger charge is 2.26. The molecule has 3 heterocycles. The number of methoxy groups -OCH3 is 1. The molecule has 6 nitrogen and oxygen atoms in total. The van der Waals surface area contributed by atoms with E-state index in [0.717, 1.165) is 50.6 Å². The van der Waals surface area contributed by atoms with E-state index in [0.29, 0.717) is 6.54 Å². The highest BCUT2D eigenvalue weighted by molar-refractivity contribution is 7.20. The molecule has 0 bridgehead atoms. The SMILES string of the molecule is COc1ccc(N2/C=C\CCc3c(sc4nccc(N(C)CCO)c34)C2=O)cc1. The van der Waals surface area contributed by atoms with Gasteiger partial charge < -0.3 is 14.7 Å². The number of carbonyl (C=O) groups is 1. The number of aliphatic hydroxyl groups is 1. The quantitative estimate of drug-likeness (QED) is 0.694. The van der Waals surface area contributed by atoms with Crippen LogP contribution in [0.15, 0.2) is 48.8 Å². The van der Waals surface area contributed by atoms with Gasteiger partial charge in [-0.1, -0.05) is 6.08 Å². The Morgan fingerprint density at radius 1 is 1.28 bits per heavy atom. The van der Waals surface area contributed by atoms with Crippen molar-refractivity contribution in [1.82, 2.24) is 4.98 Å². The topological polar surface area (TPSA) is 65.9 Å². The lowest BCUT2D eigenvalue weighted by molar-refractivity contribution is 0.100. The summed E-state index contributed by atoms with van der Waals surface area (Å²) in [6, 6.07) is 9.42. The number of amides is 1. The van der Waals surface area contributed by atoms with Crippen LogP contribution < -0.4 is 14.5 Å². The number of aryl methyl sites for hydroxylation is 1. The zero-order valence-electron chi connectivity index (χ0n) is 16.5. The van der Waals surface area contributed by atoms with Crippen molar-refractivity contribution in [1.29, 1.82) is 0 Å². The third-order valence-corrected chi connectivity index (χ3v) is 6.22. The third kappa shape index (κ3) is 3.59. The second-order valence-corrected chi connectivity index (χ2v) is 7.86. The van der Waals surface area contributed by atoms with Gasteiger partial charge in [-0.05, 0) is 48.7 Å². The van der Waals surface area contributed by atoms with Crippen molar-refractivity contribution >= 4 is 38.8 Å². The fourth-order valence-electron chi connectivity index (χ4n) is 3.60. The number of ether oxygens (including phenoxy) is 1. The Morgan fingerprint density at radius 2 is 2.07 bits per heavy atom. The van der Waals surface area contributed by atoms with Gasteiger partial charge in [-0.2, -0.15) is 0 Å². The third-order valence-electron chi connectivity index (χ3n) is 5.09. The number of anilines is 2. The van der Waals surface area contributed by atoms with E-state index in [1.807, 2.05) is 54.6 Å². The summed E-state index contributed by atoms with van der Waals surface area (Å²) in [5.41, 5.74) is 2.82. The number of hydrogen-bond donors (Lipinski definition) is 1. The average molecular weight is 410 g/mol. The number of benzene rings is 1. The second kappa shape index (κ2) is 8.23. The molecule has 0 unspecified atom stereocenters. The van der Waals surface area contributed by atoms with Crippen LogP contribution in [0, 0.1) is 0 Å². The zero-order chi connectivity index (χ0) is 20.4. The molecule has 2 aromatic heterocycles. The number of carbonyl (C=O) groups excluding carboxylic acids is 1. The number of nitrogens with zero attached hydrogens (tertiary/aromatic N) is 3. The summed E-state index contributed by atoms with van der Waals surface area (Å²) >= 11 is 1.44. The molecule has 0 saturated heterocycles. The van der Waals surface area contributed by atoms with Crippen LogP contribution in [0.5, 0.6) is 5.75 Å². The average Bonchev–Trinajstić information content (AvgIpc) is 3.10. The number of thiophene rings is 1. The molecule has 1 aliphatic heterocycles. The van der Waals surface area contributed by atoms with Crippen LogP contribution in [-0.4, -0.2) is 43.3 Å². The van der Waals surface area contributed by atoms with Gasteiger partial charge in [0.25, 0.3) is 5.91 Å². The lowest BCUT2D eigenvalue weighted by Crippen LogP contribution is -2.26. The molecule has 4 rings (SSSR count). The molecular formula is C22H23N3O3S. The number of rotatable bonds is 5. The van der Waals surface area contributed by atoms with Crippen LogP contribution in [0.4, 0.5) is 11.4 Å². The molecule has 1 amide bonds. The summed E-state index contributed by atoms with van der Waals surface area (Å²) in [6.45, 7) is 0.592. The first-order valence-electron chi connectivity index (χ1n) is 9.50. The van der Waals surface area contributed by atoms with Gasteiger partial charge in [-0.25, -0.2) is 4.98 Å². The lowest BCUT2D eigenvalue weighted by atomic mass is 10.0. The van der Waals surface area contributed by atoms with Crippen LogP contribution >= 0.6 is 11.3 Å². The molecule has 29 heavy (non-hydrogen) atoms. The Labute approximate surface area is 173 Å². The minimum atomic E-state index is -0.0557. The van der Waals surface area contributed by atoms with Crippen molar-refractivity contribution in [2.45, 2.75) is 12.8 Å². The van der Waals surface area contributed by atoms with E-state index in [1.165, 1.54) is 11.3 Å². The van der Waals surface area contributed by atoms with E-state index in [-0.39, 0.29) is 12.5 Å². The molecule has 0 radical (unpaired) electrons. The van der Waals surface area contributed by atoms with Gasteiger partial charge in [0.1, 0.15) is 10.6 Å². The van der Waals surface area contributed by atoms with Crippen LogP contribution in [0.1, 0.15) is 21.7 Å². The standard InChI is InChI=1S/C22H23N3O3S/c1-24(13-14-26)18-10-11-23-21-19(18)17-5-3-4-12-25(22(27)20(17)29-21)15-6-8-16(28-2)9-7-15/h4,6-12,26H,3,5,13-14H2,1-2H3/b12-4-. The maximum absolute atomic E-state index is 13.5. The largest absolute Gasteiger partial charge is 0.497 e. The molecule has 3 aromatic rings. The van der Waals surface area contributed by atoms with Gasteiger partial charge in [0.05, 0.1) is 18.6 Å². The van der Waals surface area contributed by atoms with Crippen LogP contribution in [-0.2, 0) is 6.42 Å². The maximum atomic E-state index is 13.5. The Morgan fingerprint density at radius 3 is 2.79 bits per heavy atom. The Bertz CT molecular complexity index is 1060. The first-order valence-corrected chi connectivity index (χ1v) is 10.3. The number of likely N-dealkylation sites (N-methyl/N-ethyl adjacent to an activating group) is 1. The summed E-state index contributed by atoms with van der Waals surface area (Å²) in [5, 5.41) is 10.4. The molecule has 0 spiro atoms. The van der Waals surface area contributed by atoms with E-state index < -0.39 is 0 Å². The number of aromatic nitrogens is 1. The first-order chi connectivity index (χ1) is 14.1. The van der Waals surface area contributed by atoms with E-state index in [1.54, 1.807) is 18.2 Å². The molecule has 0 fully saturated rings. The predicted molar refractivity (Wildman–Crippen MR) is 117 cm³/mol. The maximum Gasteiger partial charge on any atom is 0.272 e. The van der Waals surface area contributed by atoms with Crippen LogP contribution in [0.2, 0.25) is 0 Å². The predicted octanol–water partition coefficient (Wildman–Crippen LogP) is 3.84. The number of allylic oxidation sites excluding steroid dienone is 1. The number of pyridine rings is 1. The summed E-state index contributed by atoms with van der Waals surface area (Å²) in [4.78, 5) is 23.3. The lowest BCUT2D eigenvalue weighted by Gasteiger charge is -2.22. The number of fused-ring (bicyclic) bond motifs is 3. The fraction of sp³-hybridized carbons (Fsp3) is 0.273. The number of hydrogen-bond acceptors (Lipinski definition) is 6.